The average Bonchev–Trinajstić information content (AvgIpc) is 3.13. The van der Waals surface area contributed by atoms with Gasteiger partial charge in [-0.2, -0.15) is 0 Å². The summed E-state index contributed by atoms with van der Waals surface area (Å²) >= 11 is -2.41. The second-order valence-corrected chi connectivity index (χ2v) is 23.0. The van der Waals surface area contributed by atoms with Crippen LogP contribution in [0.3, 0.4) is 0 Å². The number of fused-ring (bicyclic) bond motifs is 4. The van der Waals surface area contributed by atoms with Crippen LogP contribution in [0, 0.1) is 0 Å². The molecule has 1 aromatic carbocycles. The van der Waals surface area contributed by atoms with Gasteiger partial charge in [-0.1, -0.05) is 0 Å². The molecule has 0 radical (unpaired) electrons. The first-order valence-electron chi connectivity index (χ1n) is 12.9. The summed E-state index contributed by atoms with van der Waals surface area (Å²) in [5, 5.41) is 0. The minimum atomic E-state index is -2.41. The average molecular weight is 535 g/mol. The van der Waals surface area contributed by atoms with Crippen LogP contribution in [-0.2, 0) is 0 Å². The number of carbonyl (C=O) groups is 1. The summed E-state index contributed by atoms with van der Waals surface area (Å²) in [4.78, 5) is 17.4. The van der Waals surface area contributed by atoms with Gasteiger partial charge in [0, 0.05) is 0 Å². The summed E-state index contributed by atoms with van der Waals surface area (Å²) in [6.07, 6.45) is 9.99. The first kappa shape index (κ1) is 24.9. The van der Waals surface area contributed by atoms with Crippen LogP contribution in [0.25, 0.3) is 0 Å². The van der Waals surface area contributed by atoms with Crippen molar-refractivity contribution in [2.75, 3.05) is 26.2 Å². The summed E-state index contributed by atoms with van der Waals surface area (Å²) < 4.78 is 11.9. The van der Waals surface area contributed by atoms with E-state index in [0.29, 0.717) is 6.04 Å². The topological polar surface area (TPSA) is 32.8 Å². The van der Waals surface area contributed by atoms with Gasteiger partial charge in [-0.25, -0.2) is 0 Å². The fourth-order valence-corrected chi connectivity index (χ4v) is 21.4. The Morgan fingerprint density at radius 1 is 0.871 bits per heavy atom. The minimum absolute atomic E-state index is 0.153. The molecule has 0 N–H and O–H groups in total. The maximum atomic E-state index is 12.9. The molecule has 3 aliphatic rings. The summed E-state index contributed by atoms with van der Waals surface area (Å²) in [6, 6.07) is 9.19. The van der Waals surface area contributed by atoms with Crippen molar-refractivity contribution < 1.29 is 9.53 Å². The normalized spacial score (nSPS) is 21.2. The van der Waals surface area contributed by atoms with Crippen LogP contribution in [0.4, 0.5) is 4.79 Å². The Balaban J connectivity index is 1.71. The van der Waals surface area contributed by atoms with E-state index >= 15 is 0 Å². The fourth-order valence-electron chi connectivity index (χ4n) is 5.52. The maximum absolute atomic E-state index is 12.9. The number of hydrogen-bond donors (Lipinski definition) is 0. The van der Waals surface area contributed by atoms with Crippen molar-refractivity contribution in [1.82, 2.24) is 9.80 Å². The summed E-state index contributed by atoms with van der Waals surface area (Å²) in [5.74, 6) is 0.717. The number of hydrogen-bond acceptors (Lipinski definition) is 3. The second kappa shape index (κ2) is 12.5. The molecule has 0 saturated carbocycles. The van der Waals surface area contributed by atoms with Crippen LogP contribution in [0.1, 0.15) is 72.1 Å². The van der Waals surface area contributed by atoms with Gasteiger partial charge in [0.2, 0.25) is 0 Å². The van der Waals surface area contributed by atoms with Gasteiger partial charge in [-0.15, -0.1) is 0 Å². The van der Waals surface area contributed by atoms with Crippen molar-refractivity contribution in [3.05, 3.63) is 24.3 Å². The van der Waals surface area contributed by atoms with E-state index in [1.807, 2.05) is 4.90 Å². The van der Waals surface area contributed by atoms with Crippen molar-refractivity contribution in [2.45, 2.75) is 91.5 Å². The van der Waals surface area contributed by atoms with Gasteiger partial charge in [0.1, 0.15) is 0 Å². The molecule has 3 saturated heterocycles. The summed E-state index contributed by atoms with van der Waals surface area (Å²) in [7, 11) is 0. The third-order valence-corrected chi connectivity index (χ3v) is 23.3. The number of piperidine rings is 1. The van der Waals surface area contributed by atoms with Crippen molar-refractivity contribution in [1.29, 1.82) is 0 Å². The zero-order valence-electron chi connectivity index (χ0n) is 20.2. The SMILES string of the molecule is CCC[CH2][Sn]([CH2]CCC)([CH2]CCC)[c]1ccc(OC(=O)N2CCN3CCC2CC3)cc1. The molecule has 0 aromatic heterocycles. The zero-order chi connectivity index (χ0) is 22.1. The fraction of sp³-hybridized carbons (Fsp3) is 0.731. The van der Waals surface area contributed by atoms with Crippen LogP contribution in [0.2, 0.25) is 13.3 Å². The molecular weight excluding hydrogens is 491 g/mol. The van der Waals surface area contributed by atoms with Crippen molar-refractivity contribution >= 4 is 28.0 Å². The van der Waals surface area contributed by atoms with Gasteiger partial charge in [0.25, 0.3) is 0 Å². The van der Waals surface area contributed by atoms with E-state index in [4.69, 9.17) is 4.74 Å². The van der Waals surface area contributed by atoms with Gasteiger partial charge >= 0.3 is 195 Å². The van der Waals surface area contributed by atoms with Crippen LogP contribution in [0.5, 0.6) is 5.75 Å². The molecule has 5 heteroatoms. The molecule has 4 nitrogen and oxygen atoms in total. The second-order valence-electron chi connectivity index (χ2n) is 9.75. The molecule has 0 unspecified atom stereocenters. The molecule has 1 aromatic rings. The first-order chi connectivity index (χ1) is 15.1. The van der Waals surface area contributed by atoms with E-state index in [0.717, 1.165) is 44.8 Å². The molecule has 3 fully saturated rings. The Hall–Kier alpha value is -0.751. The van der Waals surface area contributed by atoms with E-state index in [-0.39, 0.29) is 6.09 Å². The number of ether oxygens (including phenoxy) is 1. The molecule has 3 aliphatic heterocycles. The van der Waals surface area contributed by atoms with E-state index in [1.54, 1.807) is 3.58 Å². The predicted octanol–water partition coefficient (Wildman–Crippen LogP) is 6.02. The van der Waals surface area contributed by atoms with Crippen LogP contribution < -0.4 is 8.32 Å². The zero-order valence-corrected chi connectivity index (χ0v) is 23.1. The van der Waals surface area contributed by atoms with E-state index < -0.39 is 18.4 Å². The van der Waals surface area contributed by atoms with E-state index in [1.165, 1.54) is 51.8 Å². The van der Waals surface area contributed by atoms with Crippen LogP contribution in [0.15, 0.2) is 24.3 Å². The Labute approximate surface area is 194 Å². The summed E-state index contributed by atoms with van der Waals surface area (Å²) in [5.41, 5.74) is 0. The molecule has 1 amide bonds. The van der Waals surface area contributed by atoms with Crippen molar-refractivity contribution in [3.63, 3.8) is 0 Å². The third kappa shape index (κ3) is 6.63. The first-order valence-corrected chi connectivity index (χ1v) is 20.4. The molecule has 174 valence electrons. The van der Waals surface area contributed by atoms with Gasteiger partial charge in [-0.3, -0.25) is 0 Å². The molecule has 0 spiro atoms. The summed E-state index contributed by atoms with van der Waals surface area (Å²) in [6.45, 7) is 11.0. The van der Waals surface area contributed by atoms with Gasteiger partial charge < -0.3 is 0 Å². The third-order valence-electron chi connectivity index (χ3n) is 7.59. The molecule has 31 heavy (non-hydrogen) atoms. The predicted molar refractivity (Wildman–Crippen MR) is 133 cm³/mol. The Morgan fingerprint density at radius 3 is 1.94 bits per heavy atom. The number of nitrogens with zero attached hydrogens (tertiary/aromatic N) is 2. The van der Waals surface area contributed by atoms with Crippen molar-refractivity contribution in [2.24, 2.45) is 0 Å². The number of rotatable bonds is 11. The Bertz CT molecular complexity index is 649. The molecule has 3 heterocycles. The Morgan fingerprint density at radius 2 is 1.42 bits per heavy atom. The molecular formula is C26H44N2O2Sn. The van der Waals surface area contributed by atoms with Gasteiger partial charge in [0.05, 0.1) is 0 Å². The number of benzene rings is 1. The Kier molecular flexibility index (Phi) is 10.0. The monoisotopic (exact) mass is 536 g/mol. The number of amides is 1. The molecule has 4 rings (SSSR count). The molecule has 0 aliphatic carbocycles. The quantitative estimate of drug-likeness (QED) is 0.325. The molecule has 2 bridgehead atoms. The van der Waals surface area contributed by atoms with Gasteiger partial charge in [0.15, 0.2) is 0 Å². The van der Waals surface area contributed by atoms with Gasteiger partial charge in [-0.05, 0) is 0 Å². The molecule has 0 atom stereocenters. The van der Waals surface area contributed by atoms with Crippen LogP contribution in [-0.4, -0.2) is 66.5 Å². The van der Waals surface area contributed by atoms with E-state index in [2.05, 4.69) is 49.9 Å². The standard InChI is InChI=1S/C14H17N2O2.3C4H9.Sn/c17-14(18-13-4-2-1-3-5-13)16-11-10-15-8-6-12(16)7-9-15;3*1-3-4-2;/h2-5,12H,6-11H2;3*1,3-4H2,2H3;. The number of unbranched alkanes of at least 4 members (excludes halogenated alkanes) is 3. The number of carbonyl (C=O) groups excluding carboxylic acids is 1. The van der Waals surface area contributed by atoms with E-state index in [9.17, 15) is 4.79 Å². The van der Waals surface area contributed by atoms with Crippen LogP contribution >= 0.6 is 0 Å². The van der Waals surface area contributed by atoms with Crippen molar-refractivity contribution in [3.8, 4) is 5.75 Å².